The van der Waals surface area contributed by atoms with E-state index in [-0.39, 0.29) is 5.41 Å². The fourth-order valence-corrected chi connectivity index (χ4v) is 8.17. The Morgan fingerprint density at radius 1 is 0.917 bits per heavy atom. The van der Waals surface area contributed by atoms with Gasteiger partial charge < -0.3 is 0 Å². The molecule has 0 nitrogen and oxygen atoms in total. The topological polar surface area (TPSA) is 0 Å². The highest BCUT2D eigenvalue weighted by Gasteiger charge is 2.54. The van der Waals surface area contributed by atoms with Gasteiger partial charge in [-0.1, -0.05) is 103 Å². The molecule has 0 saturated carbocycles. The Morgan fingerprint density at radius 3 is 2.50 bits per heavy atom. The van der Waals surface area contributed by atoms with E-state index in [1.165, 1.54) is 65.4 Å². The summed E-state index contributed by atoms with van der Waals surface area (Å²) >= 11 is 8.18. The number of allylic oxidation sites excluding steroid dienone is 5. The number of fused-ring (bicyclic) bond motifs is 9. The van der Waals surface area contributed by atoms with Gasteiger partial charge in [-0.15, -0.1) is 11.3 Å². The molecule has 7 rings (SSSR count). The molecule has 4 aromatic rings. The molecule has 1 heterocycles. The minimum atomic E-state index is -0.293. The third-order valence-corrected chi connectivity index (χ3v) is 9.51. The van der Waals surface area contributed by atoms with Crippen LogP contribution in [-0.2, 0) is 5.41 Å². The van der Waals surface area contributed by atoms with Crippen LogP contribution in [0, 0.1) is 0 Å². The summed E-state index contributed by atoms with van der Waals surface area (Å²) in [5.74, 6) is 0. The first-order chi connectivity index (χ1) is 17.7. The van der Waals surface area contributed by atoms with Crippen LogP contribution >= 0.6 is 22.9 Å². The zero-order valence-corrected chi connectivity index (χ0v) is 21.7. The lowest BCUT2D eigenvalue weighted by Crippen LogP contribution is -2.26. The second-order valence-electron chi connectivity index (χ2n) is 9.65. The Balaban J connectivity index is 1.64. The molecule has 0 radical (unpaired) electrons. The molecule has 0 bridgehead atoms. The SMILES string of the molecule is C=Cc1sc2c(c1/C=C\C)C1=C(C=CCC1)C21c2ccccc2-c2c(-c3ccc(Cl)cc3)cccc21. The van der Waals surface area contributed by atoms with Gasteiger partial charge in [-0.2, -0.15) is 0 Å². The maximum atomic E-state index is 6.26. The van der Waals surface area contributed by atoms with Gasteiger partial charge >= 0.3 is 0 Å². The molecule has 3 aliphatic carbocycles. The minimum absolute atomic E-state index is 0.293. The number of halogens is 1. The highest BCUT2D eigenvalue weighted by molar-refractivity contribution is 7.14. The van der Waals surface area contributed by atoms with Gasteiger partial charge in [0.25, 0.3) is 0 Å². The smallest absolute Gasteiger partial charge is 0.0816 e. The first-order valence-electron chi connectivity index (χ1n) is 12.5. The molecule has 1 spiro atoms. The summed E-state index contributed by atoms with van der Waals surface area (Å²) < 4.78 is 0. The molecule has 3 aromatic carbocycles. The molecule has 1 atom stereocenters. The zero-order valence-electron chi connectivity index (χ0n) is 20.1. The first kappa shape index (κ1) is 21.9. The summed E-state index contributed by atoms with van der Waals surface area (Å²) in [7, 11) is 0. The molecule has 0 aliphatic heterocycles. The zero-order chi connectivity index (χ0) is 24.4. The Bertz CT molecular complexity index is 1660. The van der Waals surface area contributed by atoms with Crippen molar-refractivity contribution < 1.29 is 0 Å². The van der Waals surface area contributed by atoms with Crippen molar-refractivity contribution in [2.45, 2.75) is 25.2 Å². The molecule has 174 valence electrons. The van der Waals surface area contributed by atoms with Gasteiger partial charge in [0.05, 0.1) is 5.41 Å². The summed E-state index contributed by atoms with van der Waals surface area (Å²) in [4.78, 5) is 2.71. The normalized spacial score (nSPS) is 19.1. The molecule has 1 unspecified atom stereocenters. The molecule has 3 aliphatic rings. The molecule has 0 fully saturated rings. The Hall–Kier alpha value is -3.39. The van der Waals surface area contributed by atoms with E-state index in [0.717, 1.165) is 17.9 Å². The van der Waals surface area contributed by atoms with Crippen LogP contribution in [0.25, 0.3) is 40.0 Å². The van der Waals surface area contributed by atoms with Crippen molar-refractivity contribution in [3.05, 3.63) is 134 Å². The van der Waals surface area contributed by atoms with Crippen molar-refractivity contribution in [2.75, 3.05) is 0 Å². The second kappa shape index (κ2) is 8.06. The second-order valence-corrected chi connectivity index (χ2v) is 11.1. The average molecular weight is 501 g/mol. The van der Waals surface area contributed by atoms with E-state index in [1.807, 2.05) is 29.5 Å². The van der Waals surface area contributed by atoms with Crippen LogP contribution in [0.4, 0.5) is 0 Å². The van der Waals surface area contributed by atoms with E-state index in [4.69, 9.17) is 11.6 Å². The molecule has 36 heavy (non-hydrogen) atoms. The van der Waals surface area contributed by atoms with Crippen LogP contribution in [0.15, 0.2) is 97.1 Å². The van der Waals surface area contributed by atoms with Gasteiger partial charge in [0.15, 0.2) is 0 Å². The van der Waals surface area contributed by atoms with Gasteiger partial charge in [0.1, 0.15) is 0 Å². The van der Waals surface area contributed by atoms with Crippen molar-refractivity contribution in [3.63, 3.8) is 0 Å². The van der Waals surface area contributed by atoms with E-state index in [2.05, 4.69) is 92.4 Å². The van der Waals surface area contributed by atoms with Crippen LogP contribution in [0.1, 0.15) is 51.8 Å². The summed E-state index contributed by atoms with van der Waals surface area (Å²) in [6.45, 7) is 6.30. The Kier molecular flexibility index (Phi) is 4.90. The molecular formula is C34H25ClS. The lowest BCUT2D eigenvalue weighted by molar-refractivity contribution is 0.797. The summed E-state index contributed by atoms with van der Waals surface area (Å²) in [6, 6.07) is 24.2. The third kappa shape index (κ3) is 2.70. The molecule has 1 aromatic heterocycles. The molecule has 0 amide bonds. The van der Waals surface area contributed by atoms with Gasteiger partial charge in [-0.25, -0.2) is 0 Å². The minimum Gasteiger partial charge on any atom is -0.138 e. The van der Waals surface area contributed by atoms with E-state index in [0.29, 0.717) is 0 Å². The average Bonchev–Trinajstić information content (AvgIpc) is 3.53. The van der Waals surface area contributed by atoms with Crippen LogP contribution < -0.4 is 0 Å². The fourth-order valence-electron chi connectivity index (χ4n) is 6.64. The molecule has 0 N–H and O–H groups in total. The van der Waals surface area contributed by atoms with E-state index >= 15 is 0 Å². The predicted molar refractivity (Wildman–Crippen MR) is 157 cm³/mol. The predicted octanol–water partition coefficient (Wildman–Crippen LogP) is 10.2. The van der Waals surface area contributed by atoms with E-state index < -0.39 is 0 Å². The standard InChI is InChI=1S/C34H25ClS/c1-3-10-26-30(4-2)36-33-32(26)25-12-6-8-15-28(25)34(33)27-14-7-5-11-24(27)31-23(13-9-16-29(31)34)21-17-19-22(35)20-18-21/h3-5,7-11,13-20H,2,6,12H2,1H3/b10-3-. The van der Waals surface area contributed by atoms with Crippen LogP contribution in [0.3, 0.4) is 0 Å². The summed E-state index contributed by atoms with van der Waals surface area (Å²) in [5, 5.41) is 0.762. The van der Waals surface area contributed by atoms with E-state index in [9.17, 15) is 0 Å². The molecular weight excluding hydrogens is 476 g/mol. The lowest BCUT2D eigenvalue weighted by atomic mass is 9.72. The van der Waals surface area contributed by atoms with Crippen molar-refractivity contribution in [2.24, 2.45) is 0 Å². The van der Waals surface area contributed by atoms with Crippen LogP contribution in [0.5, 0.6) is 0 Å². The van der Waals surface area contributed by atoms with Crippen LogP contribution in [0.2, 0.25) is 5.02 Å². The van der Waals surface area contributed by atoms with Crippen molar-refractivity contribution in [1.82, 2.24) is 0 Å². The fraction of sp³-hybridized carbons (Fsp3) is 0.118. The van der Waals surface area contributed by atoms with Gasteiger partial charge in [0, 0.05) is 20.3 Å². The van der Waals surface area contributed by atoms with Crippen LogP contribution in [-0.4, -0.2) is 0 Å². The Labute approximate surface area is 221 Å². The number of hydrogen-bond acceptors (Lipinski definition) is 1. The number of rotatable bonds is 3. The number of benzene rings is 3. The quantitative estimate of drug-likeness (QED) is 0.262. The highest BCUT2D eigenvalue weighted by Crippen LogP contribution is 2.66. The molecule has 2 heteroatoms. The van der Waals surface area contributed by atoms with Crippen molar-refractivity contribution in [1.29, 1.82) is 0 Å². The number of hydrogen-bond donors (Lipinski definition) is 0. The largest absolute Gasteiger partial charge is 0.138 e. The van der Waals surface area contributed by atoms with Gasteiger partial charge in [-0.3, -0.25) is 0 Å². The summed E-state index contributed by atoms with van der Waals surface area (Å²) in [6.07, 6.45) is 13.4. The van der Waals surface area contributed by atoms with E-state index in [1.54, 1.807) is 0 Å². The highest BCUT2D eigenvalue weighted by atomic mass is 35.5. The maximum Gasteiger partial charge on any atom is 0.0816 e. The lowest BCUT2D eigenvalue weighted by Gasteiger charge is -2.31. The van der Waals surface area contributed by atoms with Gasteiger partial charge in [0.2, 0.25) is 0 Å². The maximum absolute atomic E-state index is 6.26. The monoisotopic (exact) mass is 500 g/mol. The summed E-state index contributed by atoms with van der Waals surface area (Å²) in [5.41, 5.74) is 13.3. The van der Waals surface area contributed by atoms with Crippen molar-refractivity contribution >= 4 is 40.7 Å². The third-order valence-electron chi connectivity index (χ3n) is 7.93. The van der Waals surface area contributed by atoms with Crippen molar-refractivity contribution in [3.8, 4) is 22.3 Å². The number of thiophene rings is 1. The van der Waals surface area contributed by atoms with Gasteiger partial charge in [-0.05, 0) is 82.0 Å². The first-order valence-corrected chi connectivity index (χ1v) is 13.7. The Morgan fingerprint density at radius 2 is 1.69 bits per heavy atom. The molecule has 0 saturated heterocycles.